The van der Waals surface area contributed by atoms with E-state index < -0.39 is 44.9 Å². The zero-order chi connectivity index (χ0) is 22.5. The standard InChI is InChI=1S/C19H20F4N2O4S/c1-3-10-25(12-18(26)24-15-6-4-5-7-16(15)29-2)30(27,28)17-11-13(19(21,22)23)8-9-14(17)20/h4-9,11H,3,10,12H2,1-2H3,(H,24,26). The molecule has 0 aromatic heterocycles. The molecule has 0 bridgehead atoms. The molecule has 0 aliphatic carbocycles. The number of ether oxygens (including phenoxy) is 1. The minimum absolute atomic E-state index is 0.197. The van der Waals surface area contributed by atoms with Crippen LogP contribution >= 0.6 is 0 Å². The van der Waals surface area contributed by atoms with E-state index in [0.29, 0.717) is 22.2 Å². The van der Waals surface area contributed by atoms with Crippen molar-refractivity contribution in [2.24, 2.45) is 0 Å². The van der Waals surface area contributed by atoms with Gasteiger partial charge in [-0.15, -0.1) is 0 Å². The van der Waals surface area contributed by atoms with Crippen LogP contribution in [0.1, 0.15) is 18.9 Å². The number of para-hydroxylation sites is 2. The van der Waals surface area contributed by atoms with Crippen LogP contribution in [-0.2, 0) is 21.0 Å². The molecule has 0 atom stereocenters. The van der Waals surface area contributed by atoms with Gasteiger partial charge in [-0.2, -0.15) is 17.5 Å². The van der Waals surface area contributed by atoms with Gasteiger partial charge in [0.05, 0.1) is 24.9 Å². The van der Waals surface area contributed by atoms with Crippen molar-refractivity contribution in [1.29, 1.82) is 0 Å². The number of anilines is 1. The summed E-state index contributed by atoms with van der Waals surface area (Å²) >= 11 is 0. The SMILES string of the molecule is CCCN(CC(=O)Nc1ccccc1OC)S(=O)(=O)c1cc(C(F)(F)F)ccc1F. The normalized spacial score (nSPS) is 12.1. The average Bonchev–Trinajstić information content (AvgIpc) is 2.67. The van der Waals surface area contributed by atoms with Gasteiger partial charge in [0.1, 0.15) is 16.5 Å². The Kier molecular flexibility index (Phi) is 7.43. The fraction of sp³-hybridized carbons (Fsp3) is 0.316. The van der Waals surface area contributed by atoms with E-state index in [2.05, 4.69) is 5.32 Å². The third kappa shape index (κ3) is 5.48. The number of rotatable bonds is 8. The summed E-state index contributed by atoms with van der Waals surface area (Å²) in [6.07, 6.45) is -4.60. The number of nitrogens with zero attached hydrogens (tertiary/aromatic N) is 1. The highest BCUT2D eigenvalue weighted by Crippen LogP contribution is 2.32. The molecule has 0 aliphatic heterocycles. The Morgan fingerprint density at radius 3 is 2.43 bits per heavy atom. The quantitative estimate of drug-likeness (QED) is 0.622. The summed E-state index contributed by atoms with van der Waals surface area (Å²) in [5.74, 6) is -1.77. The zero-order valence-electron chi connectivity index (χ0n) is 16.2. The number of hydrogen-bond donors (Lipinski definition) is 1. The number of carbonyl (C=O) groups is 1. The highest BCUT2D eigenvalue weighted by atomic mass is 32.2. The Balaban J connectivity index is 2.34. The van der Waals surface area contributed by atoms with Crippen LogP contribution in [0, 0.1) is 5.82 Å². The van der Waals surface area contributed by atoms with Crippen LogP contribution in [0.15, 0.2) is 47.4 Å². The van der Waals surface area contributed by atoms with Crippen molar-refractivity contribution in [3.63, 3.8) is 0 Å². The number of carbonyl (C=O) groups excluding carboxylic acids is 1. The second-order valence-corrected chi connectivity index (χ2v) is 8.14. The van der Waals surface area contributed by atoms with Gasteiger partial charge in [0, 0.05) is 6.54 Å². The maximum atomic E-state index is 14.1. The minimum atomic E-state index is -4.85. The third-order valence-corrected chi connectivity index (χ3v) is 5.91. The molecule has 11 heteroatoms. The molecule has 1 amide bonds. The molecule has 0 saturated carbocycles. The van der Waals surface area contributed by atoms with E-state index in [4.69, 9.17) is 4.74 Å². The first-order chi connectivity index (χ1) is 14.0. The van der Waals surface area contributed by atoms with Gasteiger partial charge in [0.15, 0.2) is 0 Å². The fourth-order valence-corrected chi connectivity index (χ4v) is 4.23. The van der Waals surface area contributed by atoms with Gasteiger partial charge >= 0.3 is 6.18 Å². The summed E-state index contributed by atoms with van der Waals surface area (Å²) < 4.78 is 84.4. The van der Waals surface area contributed by atoms with Crippen LogP contribution < -0.4 is 10.1 Å². The highest BCUT2D eigenvalue weighted by Gasteiger charge is 2.35. The van der Waals surface area contributed by atoms with E-state index in [1.807, 2.05) is 0 Å². The smallest absolute Gasteiger partial charge is 0.416 e. The Morgan fingerprint density at radius 1 is 1.17 bits per heavy atom. The van der Waals surface area contributed by atoms with Gasteiger partial charge in [-0.05, 0) is 36.8 Å². The number of nitrogens with one attached hydrogen (secondary N) is 1. The molecule has 2 aromatic rings. The van der Waals surface area contributed by atoms with Gasteiger partial charge in [0.2, 0.25) is 15.9 Å². The first-order valence-corrected chi connectivity index (χ1v) is 10.2. The lowest BCUT2D eigenvalue weighted by atomic mass is 10.2. The first-order valence-electron chi connectivity index (χ1n) is 8.80. The summed E-state index contributed by atoms with van der Waals surface area (Å²) in [4.78, 5) is 11.3. The van der Waals surface area contributed by atoms with E-state index >= 15 is 0 Å². The Morgan fingerprint density at radius 2 is 1.83 bits per heavy atom. The molecule has 2 rings (SSSR count). The number of amides is 1. The van der Waals surface area contributed by atoms with E-state index in [9.17, 15) is 30.8 Å². The summed E-state index contributed by atoms with van der Waals surface area (Å²) in [5.41, 5.74) is -1.03. The largest absolute Gasteiger partial charge is 0.495 e. The number of methoxy groups -OCH3 is 1. The molecule has 0 spiro atoms. The number of sulfonamides is 1. The van der Waals surface area contributed by atoms with Gasteiger partial charge in [-0.25, -0.2) is 12.8 Å². The summed E-state index contributed by atoms with van der Waals surface area (Å²) in [5, 5.41) is 2.48. The third-order valence-electron chi connectivity index (χ3n) is 4.05. The molecule has 0 radical (unpaired) electrons. The number of hydrogen-bond acceptors (Lipinski definition) is 4. The molecule has 164 valence electrons. The molecular weight excluding hydrogens is 428 g/mol. The molecule has 0 unspecified atom stereocenters. The summed E-state index contributed by atoms with van der Waals surface area (Å²) in [6.45, 7) is 0.699. The van der Waals surface area contributed by atoms with E-state index in [-0.39, 0.29) is 24.7 Å². The first kappa shape index (κ1) is 23.6. The predicted molar refractivity (Wildman–Crippen MR) is 102 cm³/mol. The van der Waals surface area contributed by atoms with Crippen LogP contribution in [0.5, 0.6) is 5.75 Å². The molecule has 1 N–H and O–H groups in total. The Bertz CT molecular complexity index is 1010. The van der Waals surface area contributed by atoms with Crippen LogP contribution in [0.2, 0.25) is 0 Å². The van der Waals surface area contributed by atoms with E-state index in [1.165, 1.54) is 13.2 Å². The number of benzene rings is 2. The minimum Gasteiger partial charge on any atom is -0.495 e. The monoisotopic (exact) mass is 448 g/mol. The summed E-state index contributed by atoms with van der Waals surface area (Å²) in [7, 11) is -3.33. The fourth-order valence-electron chi connectivity index (χ4n) is 2.65. The van der Waals surface area contributed by atoms with Crippen molar-refractivity contribution in [3.05, 3.63) is 53.8 Å². The molecule has 0 heterocycles. The maximum Gasteiger partial charge on any atom is 0.416 e. The number of alkyl halides is 3. The number of halogens is 4. The van der Waals surface area contributed by atoms with Crippen molar-refractivity contribution in [2.45, 2.75) is 24.4 Å². The van der Waals surface area contributed by atoms with Gasteiger partial charge in [-0.1, -0.05) is 19.1 Å². The lowest BCUT2D eigenvalue weighted by Gasteiger charge is -2.22. The van der Waals surface area contributed by atoms with E-state index in [1.54, 1.807) is 25.1 Å². The Hall–Kier alpha value is -2.66. The zero-order valence-corrected chi connectivity index (χ0v) is 17.0. The van der Waals surface area contributed by atoms with Gasteiger partial charge < -0.3 is 10.1 Å². The van der Waals surface area contributed by atoms with Gasteiger partial charge in [-0.3, -0.25) is 4.79 Å². The van der Waals surface area contributed by atoms with Crippen LogP contribution in [0.3, 0.4) is 0 Å². The maximum absolute atomic E-state index is 14.1. The van der Waals surface area contributed by atoms with Crippen molar-refractivity contribution in [2.75, 3.05) is 25.5 Å². The van der Waals surface area contributed by atoms with Crippen molar-refractivity contribution < 1.29 is 35.5 Å². The average molecular weight is 448 g/mol. The molecule has 6 nitrogen and oxygen atoms in total. The van der Waals surface area contributed by atoms with Crippen LogP contribution in [0.4, 0.5) is 23.2 Å². The van der Waals surface area contributed by atoms with E-state index in [0.717, 1.165) is 0 Å². The molecule has 0 saturated heterocycles. The topological polar surface area (TPSA) is 75.7 Å². The molecular formula is C19H20F4N2O4S. The van der Waals surface area contributed by atoms with Crippen molar-refractivity contribution in [3.8, 4) is 5.75 Å². The highest BCUT2D eigenvalue weighted by molar-refractivity contribution is 7.89. The lowest BCUT2D eigenvalue weighted by molar-refractivity contribution is -0.137. The predicted octanol–water partition coefficient (Wildman–Crippen LogP) is 3.89. The van der Waals surface area contributed by atoms with Crippen LogP contribution in [0.25, 0.3) is 0 Å². The second kappa shape index (κ2) is 9.43. The molecule has 0 fully saturated rings. The second-order valence-electron chi connectivity index (χ2n) is 6.23. The molecule has 0 aliphatic rings. The molecule has 2 aromatic carbocycles. The van der Waals surface area contributed by atoms with Crippen molar-refractivity contribution >= 4 is 21.6 Å². The molecule has 30 heavy (non-hydrogen) atoms. The Labute approximate surface area is 171 Å². The van der Waals surface area contributed by atoms with Crippen molar-refractivity contribution in [1.82, 2.24) is 4.31 Å². The summed E-state index contributed by atoms with van der Waals surface area (Å²) in [6, 6.07) is 7.51. The lowest BCUT2D eigenvalue weighted by Crippen LogP contribution is -2.39. The van der Waals surface area contributed by atoms with Crippen LogP contribution in [-0.4, -0.2) is 38.8 Å². The van der Waals surface area contributed by atoms with Gasteiger partial charge in [0.25, 0.3) is 0 Å².